The molecule has 5 nitrogen and oxygen atoms in total. The van der Waals surface area contributed by atoms with E-state index >= 15 is 0 Å². The predicted octanol–water partition coefficient (Wildman–Crippen LogP) is 0.427. The van der Waals surface area contributed by atoms with E-state index in [4.69, 9.17) is 5.73 Å². The van der Waals surface area contributed by atoms with Crippen molar-refractivity contribution >= 4 is 33.3 Å². The Hall–Kier alpha value is -1.11. The summed E-state index contributed by atoms with van der Waals surface area (Å²) in [6, 6.07) is 3.64. The lowest BCUT2D eigenvalue weighted by Crippen LogP contribution is -2.98. The lowest BCUT2D eigenvalue weighted by atomic mass is 10.1. The standard InChI is InChI=1S/C8H9BrN4O/c1-4-2-5(9)3-6-7(4)11-8(10)12-13(6)14/h2-3,13H,1H3,(H3,10,11,12). The summed E-state index contributed by atoms with van der Waals surface area (Å²) < 4.78 is 0.861. The molecule has 4 N–H and O–H groups in total. The normalized spacial score (nSPS) is 19.6. The first-order chi connectivity index (χ1) is 6.58. The first-order valence-corrected chi connectivity index (χ1v) is 4.83. The lowest BCUT2D eigenvalue weighted by Gasteiger charge is -2.24. The number of aryl methyl sites for hydroxylation is 1. The monoisotopic (exact) mass is 256 g/mol. The summed E-state index contributed by atoms with van der Waals surface area (Å²) in [6.45, 7) is 1.91. The summed E-state index contributed by atoms with van der Waals surface area (Å²) in [5.74, 6) is 0.146. The minimum atomic E-state index is -0.305. The summed E-state index contributed by atoms with van der Waals surface area (Å²) in [6.07, 6.45) is 0. The van der Waals surface area contributed by atoms with Crippen LogP contribution in [0.4, 0.5) is 11.4 Å². The van der Waals surface area contributed by atoms with E-state index in [1.807, 2.05) is 13.0 Å². The van der Waals surface area contributed by atoms with Crippen LogP contribution in [0.25, 0.3) is 0 Å². The predicted molar refractivity (Wildman–Crippen MR) is 58.1 cm³/mol. The van der Waals surface area contributed by atoms with E-state index in [0.29, 0.717) is 5.69 Å². The number of anilines is 1. The SMILES string of the molecule is Cc1cc(Br)cc2c1NC(N)=N[NH+]2[O-]. The molecule has 1 unspecified atom stereocenters. The van der Waals surface area contributed by atoms with Crippen LogP contribution >= 0.6 is 15.9 Å². The molecule has 74 valence electrons. The molecule has 0 aliphatic carbocycles. The number of hydrogen-bond donors (Lipinski definition) is 3. The van der Waals surface area contributed by atoms with E-state index in [-0.39, 0.29) is 11.1 Å². The molecular weight excluding hydrogens is 248 g/mol. The number of fused-ring (bicyclic) bond motifs is 1. The largest absolute Gasteiger partial charge is 0.601 e. The highest BCUT2D eigenvalue weighted by Gasteiger charge is 2.19. The molecule has 6 heteroatoms. The van der Waals surface area contributed by atoms with Gasteiger partial charge < -0.3 is 16.3 Å². The Morgan fingerprint density at radius 1 is 1.57 bits per heavy atom. The zero-order valence-corrected chi connectivity index (χ0v) is 9.05. The van der Waals surface area contributed by atoms with Crippen molar-refractivity contribution in [2.75, 3.05) is 5.32 Å². The molecule has 14 heavy (non-hydrogen) atoms. The fourth-order valence-corrected chi connectivity index (χ4v) is 1.98. The molecule has 1 aliphatic heterocycles. The van der Waals surface area contributed by atoms with Crippen LogP contribution < -0.4 is 16.2 Å². The summed E-state index contributed by atoms with van der Waals surface area (Å²) in [4.78, 5) is 0. The molecule has 1 heterocycles. The molecule has 1 aromatic rings. The van der Waals surface area contributed by atoms with E-state index in [2.05, 4.69) is 26.3 Å². The van der Waals surface area contributed by atoms with Crippen LogP contribution in [0.1, 0.15) is 5.56 Å². The van der Waals surface area contributed by atoms with Gasteiger partial charge in [0.1, 0.15) is 5.69 Å². The topological polar surface area (TPSA) is 77.9 Å². The number of halogens is 1. The fourth-order valence-electron chi connectivity index (χ4n) is 1.40. The van der Waals surface area contributed by atoms with Gasteiger partial charge in [-0.2, -0.15) is 0 Å². The van der Waals surface area contributed by atoms with Gasteiger partial charge >= 0.3 is 0 Å². The second-order valence-corrected chi connectivity index (χ2v) is 3.99. The molecule has 0 spiro atoms. The van der Waals surface area contributed by atoms with Gasteiger partial charge in [-0.3, -0.25) is 0 Å². The third-order valence-electron chi connectivity index (χ3n) is 2.01. The molecular formula is C8H9BrN4O. The first-order valence-electron chi connectivity index (χ1n) is 4.03. The summed E-state index contributed by atoms with van der Waals surface area (Å²) in [5, 5.41) is 17.7. The van der Waals surface area contributed by atoms with Gasteiger partial charge in [0.2, 0.25) is 0 Å². The Morgan fingerprint density at radius 3 is 3.00 bits per heavy atom. The number of nitrogens with zero attached hydrogens (tertiary/aromatic N) is 1. The second-order valence-electron chi connectivity index (χ2n) is 3.07. The Kier molecular flexibility index (Phi) is 2.18. The van der Waals surface area contributed by atoms with Crippen molar-refractivity contribution in [2.24, 2.45) is 10.8 Å². The average Bonchev–Trinajstić information content (AvgIpc) is 2.07. The van der Waals surface area contributed by atoms with E-state index < -0.39 is 0 Å². The molecule has 0 bridgehead atoms. The van der Waals surface area contributed by atoms with Crippen molar-refractivity contribution in [3.8, 4) is 0 Å². The highest BCUT2D eigenvalue weighted by molar-refractivity contribution is 9.10. The Bertz CT molecular complexity index is 418. The van der Waals surface area contributed by atoms with Gasteiger partial charge in [0.05, 0.1) is 0 Å². The molecule has 1 aliphatic rings. The van der Waals surface area contributed by atoms with Crippen LogP contribution in [0.5, 0.6) is 0 Å². The number of guanidine groups is 1. The van der Waals surface area contributed by atoms with Crippen molar-refractivity contribution in [3.63, 3.8) is 0 Å². The zero-order valence-electron chi connectivity index (χ0n) is 7.47. The van der Waals surface area contributed by atoms with Crippen LogP contribution in [0.2, 0.25) is 0 Å². The Balaban J connectivity index is 2.59. The van der Waals surface area contributed by atoms with Crippen LogP contribution in [0.3, 0.4) is 0 Å². The van der Waals surface area contributed by atoms with Gasteiger partial charge in [-0.1, -0.05) is 15.9 Å². The molecule has 0 fully saturated rings. The molecule has 1 aromatic carbocycles. The molecule has 2 rings (SSSR count). The molecule has 0 saturated carbocycles. The summed E-state index contributed by atoms with van der Waals surface area (Å²) >= 11 is 3.32. The average molecular weight is 257 g/mol. The van der Waals surface area contributed by atoms with Gasteiger partial charge in [-0.15, -0.1) is 0 Å². The van der Waals surface area contributed by atoms with Crippen LogP contribution in [-0.2, 0) is 0 Å². The van der Waals surface area contributed by atoms with Crippen LogP contribution in [-0.4, -0.2) is 5.96 Å². The van der Waals surface area contributed by atoms with E-state index in [1.165, 1.54) is 0 Å². The van der Waals surface area contributed by atoms with Gasteiger partial charge in [-0.05, 0) is 23.7 Å². The quantitative estimate of drug-likeness (QED) is 0.590. The summed E-state index contributed by atoms with van der Waals surface area (Å²) in [7, 11) is 0. The highest BCUT2D eigenvalue weighted by atomic mass is 79.9. The van der Waals surface area contributed by atoms with Crippen molar-refractivity contribution in [1.82, 2.24) is 0 Å². The van der Waals surface area contributed by atoms with Gasteiger partial charge in [0.15, 0.2) is 5.69 Å². The number of nitrogens with two attached hydrogens (primary N) is 1. The number of hydrogen-bond acceptors (Lipinski definition) is 4. The molecule has 0 radical (unpaired) electrons. The Morgan fingerprint density at radius 2 is 2.29 bits per heavy atom. The number of benzene rings is 1. The second kappa shape index (κ2) is 3.23. The van der Waals surface area contributed by atoms with E-state index in [1.54, 1.807) is 6.07 Å². The maximum absolute atomic E-state index is 11.5. The van der Waals surface area contributed by atoms with Gasteiger partial charge in [0, 0.05) is 10.5 Å². The third kappa shape index (κ3) is 1.47. The maximum Gasteiger partial charge on any atom is 0.252 e. The molecule has 0 saturated heterocycles. The van der Waals surface area contributed by atoms with Crippen molar-refractivity contribution < 1.29 is 5.17 Å². The highest BCUT2D eigenvalue weighted by Crippen LogP contribution is 2.28. The van der Waals surface area contributed by atoms with Crippen LogP contribution in [0.15, 0.2) is 21.7 Å². The maximum atomic E-state index is 11.5. The lowest BCUT2D eigenvalue weighted by molar-refractivity contribution is -0.783. The Labute approximate surface area is 89.3 Å². The number of nitrogens with one attached hydrogen (secondary N) is 2. The minimum Gasteiger partial charge on any atom is -0.601 e. The molecule has 0 aromatic heterocycles. The third-order valence-corrected chi connectivity index (χ3v) is 2.46. The van der Waals surface area contributed by atoms with Crippen molar-refractivity contribution in [1.29, 1.82) is 0 Å². The first kappa shape index (κ1) is 9.45. The molecule has 1 atom stereocenters. The van der Waals surface area contributed by atoms with Crippen molar-refractivity contribution in [3.05, 3.63) is 27.4 Å². The smallest absolute Gasteiger partial charge is 0.252 e. The zero-order chi connectivity index (χ0) is 10.3. The van der Waals surface area contributed by atoms with Gasteiger partial charge in [-0.25, -0.2) is 5.17 Å². The van der Waals surface area contributed by atoms with E-state index in [0.717, 1.165) is 15.7 Å². The number of rotatable bonds is 0. The van der Waals surface area contributed by atoms with E-state index in [9.17, 15) is 5.21 Å². The van der Waals surface area contributed by atoms with Gasteiger partial charge in [0.25, 0.3) is 5.96 Å². The summed E-state index contributed by atoms with van der Waals surface area (Å²) in [5.41, 5.74) is 7.70. The fraction of sp³-hybridized carbons (Fsp3) is 0.125. The minimum absolute atomic E-state index is 0.146. The molecule has 0 amide bonds. The van der Waals surface area contributed by atoms with Crippen molar-refractivity contribution in [2.45, 2.75) is 6.92 Å². The number of quaternary nitrogens is 1. The van der Waals surface area contributed by atoms with Crippen LogP contribution in [0, 0.1) is 12.1 Å².